The van der Waals surface area contributed by atoms with E-state index in [9.17, 15) is 8.42 Å². The summed E-state index contributed by atoms with van der Waals surface area (Å²) in [4.78, 5) is 2.13. The predicted molar refractivity (Wildman–Crippen MR) is 82.3 cm³/mol. The van der Waals surface area contributed by atoms with E-state index in [0.717, 1.165) is 24.3 Å². The van der Waals surface area contributed by atoms with Crippen LogP contribution in [0.4, 0.5) is 0 Å². The summed E-state index contributed by atoms with van der Waals surface area (Å²) in [5.41, 5.74) is 8.33. The second-order valence-corrected chi connectivity index (χ2v) is 8.17. The fourth-order valence-corrected chi connectivity index (χ4v) is 5.09. The molecule has 2 atom stereocenters. The highest BCUT2D eigenvalue weighted by Crippen LogP contribution is 2.31. The molecule has 2 aliphatic heterocycles. The number of benzene rings is 1. The summed E-state index contributed by atoms with van der Waals surface area (Å²) in [5, 5.41) is 0. The van der Waals surface area contributed by atoms with Crippen molar-refractivity contribution in [1.29, 1.82) is 0 Å². The van der Waals surface area contributed by atoms with Crippen molar-refractivity contribution in [1.82, 2.24) is 4.90 Å². The van der Waals surface area contributed by atoms with E-state index in [1.54, 1.807) is 0 Å². The van der Waals surface area contributed by atoms with Crippen molar-refractivity contribution in [3.05, 3.63) is 29.3 Å². The maximum absolute atomic E-state index is 11.7. The maximum Gasteiger partial charge on any atom is 0.151 e. The van der Waals surface area contributed by atoms with E-state index in [1.165, 1.54) is 5.56 Å². The van der Waals surface area contributed by atoms with Gasteiger partial charge >= 0.3 is 0 Å². The molecule has 3 rings (SSSR count). The predicted octanol–water partition coefficient (Wildman–Crippen LogP) is 0.740. The molecule has 2 N–H and O–H groups in total. The number of nitrogens with two attached hydrogens (primary N) is 1. The first-order valence-electron chi connectivity index (χ1n) is 7.38. The minimum absolute atomic E-state index is 0.0502. The number of hydrogen-bond donors (Lipinski definition) is 1. The van der Waals surface area contributed by atoms with Gasteiger partial charge in [0.2, 0.25) is 0 Å². The molecular weight excluding hydrogens is 288 g/mol. The van der Waals surface area contributed by atoms with Crippen molar-refractivity contribution in [3.63, 3.8) is 0 Å². The summed E-state index contributed by atoms with van der Waals surface area (Å²) in [6, 6.07) is 6.31. The largest absolute Gasteiger partial charge is 0.493 e. The van der Waals surface area contributed by atoms with Gasteiger partial charge in [-0.25, -0.2) is 8.42 Å². The molecule has 1 aromatic rings. The van der Waals surface area contributed by atoms with Crippen LogP contribution in [-0.2, 0) is 16.3 Å². The molecule has 0 radical (unpaired) electrons. The molecule has 6 heteroatoms. The van der Waals surface area contributed by atoms with Crippen LogP contribution in [0.5, 0.6) is 5.75 Å². The molecule has 0 saturated carbocycles. The molecule has 0 spiro atoms. The number of nitrogens with zero attached hydrogens (tertiary/aromatic N) is 1. The highest BCUT2D eigenvalue weighted by atomic mass is 32.2. The standard InChI is InChI=1S/C15H22N2O3S/c1-17(13-5-7-21(18,19)10-13)14(9-16)11-2-3-15-12(8-11)4-6-20-15/h2-3,8,13-14H,4-7,9-10,16H2,1H3. The number of rotatable bonds is 4. The van der Waals surface area contributed by atoms with Crippen LogP contribution in [0.1, 0.15) is 23.6 Å². The lowest BCUT2D eigenvalue weighted by atomic mass is 10.00. The molecule has 0 aliphatic carbocycles. The van der Waals surface area contributed by atoms with E-state index in [2.05, 4.69) is 11.0 Å². The molecule has 2 heterocycles. The average molecular weight is 310 g/mol. The van der Waals surface area contributed by atoms with Crippen molar-refractivity contribution >= 4 is 9.84 Å². The van der Waals surface area contributed by atoms with E-state index < -0.39 is 9.84 Å². The maximum atomic E-state index is 11.7. The summed E-state index contributed by atoms with van der Waals surface area (Å²) < 4.78 is 28.9. The lowest BCUT2D eigenvalue weighted by Gasteiger charge is -2.32. The normalized spacial score (nSPS) is 24.8. The summed E-state index contributed by atoms with van der Waals surface area (Å²) in [6.45, 7) is 1.22. The summed E-state index contributed by atoms with van der Waals surface area (Å²) >= 11 is 0. The molecule has 2 unspecified atom stereocenters. The molecule has 116 valence electrons. The lowest BCUT2D eigenvalue weighted by molar-refractivity contribution is 0.192. The molecule has 21 heavy (non-hydrogen) atoms. The van der Waals surface area contributed by atoms with Crippen LogP contribution in [0, 0.1) is 0 Å². The Labute approximate surface area is 126 Å². The zero-order valence-electron chi connectivity index (χ0n) is 12.3. The fourth-order valence-electron chi connectivity index (χ4n) is 3.30. The molecule has 0 bridgehead atoms. The van der Waals surface area contributed by atoms with E-state index >= 15 is 0 Å². The SMILES string of the molecule is CN(C1CCS(=O)(=O)C1)C(CN)c1ccc2c(c1)CCO2. The van der Waals surface area contributed by atoms with Gasteiger partial charge in [-0.05, 0) is 30.7 Å². The molecule has 0 aromatic heterocycles. The van der Waals surface area contributed by atoms with Gasteiger partial charge in [-0.15, -0.1) is 0 Å². The number of fused-ring (bicyclic) bond motifs is 1. The number of likely N-dealkylation sites (N-methyl/N-ethyl adjacent to an activating group) is 1. The van der Waals surface area contributed by atoms with Gasteiger partial charge in [0.1, 0.15) is 5.75 Å². The Bertz CT molecular complexity index is 630. The Morgan fingerprint density at radius 3 is 2.95 bits per heavy atom. The second-order valence-electron chi connectivity index (χ2n) is 5.94. The smallest absolute Gasteiger partial charge is 0.151 e. The molecule has 0 amide bonds. The Balaban J connectivity index is 1.81. The van der Waals surface area contributed by atoms with Crippen LogP contribution < -0.4 is 10.5 Å². The van der Waals surface area contributed by atoms with Gasteiger partial charge in [0.25, 0.3) is 0 Å². The highest BCUT2D eigenvalue weighted by molar-refractivity contribution is 7.91. The van der Waals surface area contributed by atoms with Gasteiger partial charge in [0, 0.05) is 25.0 Å². The highest BCUT2D eigenvalue weighted by Gasteiger charge is 2.33. The minimum atomic E-state index is -2.88. The number of sulfone groups is 1. The monoisotopic (exact) mass is 310 g/mol. The van der Waals surface area contributed by atoms with Crippen LogP contribution in [0.25, 0.3) is 0 Å². The Morgan fingerprint density at radius 2 is 2.29 bits per heavy atom. The van der Waals surface area contributed by atoms with Crippen molar-refractivity contribution in [2.75, 3.05) is 31.7 Å². The number of ether oxygens (including phenoxy) is 1. The van der Waals surface area contributed by atoms with E-state index in [4.69, 9.17) is 10.5 Å². The molecule has 1 saturated heterocycles. The molecule has 5 nitrogen and oxygen atoms in total. The summed E-state index contributed by atoms with van der Waals surface area (Å²) in [6.07, 6.45) is 1.63. The summed E-state index contributed by atoms with van der Waals surface area (Å²) in [7, 11) is -0.898. The van der Waals surface area contributed by atoms with Gasteiger partial charge in [-0.3, -0.25) is 4.90 Å². The quantitative estimate of drug-likeness (QED) is 0.888. The van der Waals surface area contributed by atoms with Crippen LogP contribution in [0.2, 0.25) is 0 Å². The van der Waals surface area contributed by atoms with Crippen molar-refractivity contribution in [2.24, 2.45) is 5.73 Å². The first kappa shape index (κ1) is 14.8. The number of hydrogen-bond acceptors (Lipinski definition) is 5. The second kappa shape index (κ2) is 5.59. The van der Waals surface area contributed by atoms with E-state index in [1.807, 2.05) is 19.2 Å². The first-order chi connectivity index (χ1) is 10.00. The van der Waals surface area contributed by atoms with Crippen LogP contribution in [0.15, 0.2) is 18.2 Å². The minimum Gasteiger partial charge on any atom is -0.493 e. The zero-order chi connectivity index (χ0) is 15.0. The average Bonchev–Trinajstić information content (AvgIpc) is 3.05. The Morgan fingerprint density at radius 1 is 1.48 bits per heavy atom. The van der Waals surface area contributed by atoms with Crippen LogP contribution >= 0.6 is 0 Å². The fraction of sp³-hybridized carbons (Fsp3) is 0.600. The lowest BCUT2D eigenvalue weighted by Crippen LogP contribution is -2.39. The van der Waals surface area contributed by atoms with Crippen LogP contribution in [-0.4, -0.2) is 51.1 Å². The van der Waals surface area contributed by atoms with E-state index in [-0.39, 0.29) is 23.6 Å². The molecule has 2 aliphatic rings. The molecule has 1 fully saturated rings. The molecule has 1 aromatic carbocycles. The third kappa shape index (κ3) is 2.93. The van der Waals surface area contributed by atoms with Gasteiger partial charge < -0.3 is 10.5 Å². The van der Waals surface area contributed by atoms with Gasteiger partial charge in [-0.1, -0.05) is 12.1 Å². The summed E-state index contributed by atoms with van der Waals surface area (Å²) in [5.74, 6) is 1.49. The van der Waals surface area contributed by atoms with Crippen molar-refractivity contribution in [3.8, 4) is 5.75 Å². The van der Waals surface area contributed by atoms with E-state index in [0.29, 0.717) is 13.0 Å². The van der Waals surface area contributed by atoms with Crippen molar-refractivity contribution in [2.45, 2.75) is 24.9 Å². The topological polar surface area (TPSA) is 72.6 Å². The molecular formula is C15H22N2O3S. The Hall–Kier alpha value is -1.11. The Kier molecular flexibility index (Phi) is 3.94. The van der Waals surface area contributed by atoms with Crippen molar-refractivity contribution < 1.29 is 13.2 Å². The first-order valence-corrected chi connectivity index (χ1v) is 9.20. The van der Waals surface area contributed by atoms with Gasteiger partial charge in [-0.2, -0.15) is 0 Å². The third-order valence-corrected chi connectivity index (χ3v) is 6.35. The third-order valence-electron chi connectivity index (χ3n) is 4.60. The van der Waals surface area contributed by atoms with Crippen LogP contribution in [0.3, 0.4) is 0 Å². The van der Waals surface area contributed by atoms with Gasteiger partial charge in [0.15, 0.2) is 9.84 Å². The van der Waals surface area contributed by atoms with Gasteiger partial charge in [0.05, 0.1) is 18.1 Å². The zero-order valence-corrected chi connectivity index (χ0v) is 13.1.